The minimum atomic E-state index is -3.34. The van der Waals surface area contributed by atoms with E-state index >= 15 is 0 Å². The van der Waals surface area contributed by atoms with E-state index in [4.69, 9.17) is 23.2 Å². The third-order valence-electron chi connectivity index (χ3n) is 4.14. The van der Waals surface area contributed by atoms with Gasteiger partial charge in [0.1, 0.15) is 0 Å². The van der Waals surface area contributed by atoms with Gasteiger partial charge in [-0.3, -0.25) is 9.59 Å². The molecule has 10 heteroatoms. The Bertz CT molecular complexity index is 1090. The smallest absolute Gasteiger partial charge is 0.251 e. The predicted octanol–water partition coefficient (Wildman–Crippen LogP) is 3.17. The Hall–Kier alpha value is -1.36. The highest BCUT2D eigenvalue weighted by molar-refractivity contribution is 14.1. The van der Waals surface area contributed by atoms with E-state index in [1.165, 1.54) is 12.1 Å². The number of rotatable bonds is 1. The minimum Gasteiger partial charge on any atom is -0.348 e. The number of carbonyl (C=O) groups is 2. The highest BCUT2D eigenvalue weighted by Gasteiger charge is 2.25. The van der Waals surface area contributed by atoms with Crippen LogP contribution in [0.3, 0.4) is 0 Å². The van der Waals surface area contributed by atoms with E-state index in [-0.39, 0.29) is 28.3 Å². The fraction of sp³-hybridized carbons (Fsp3) is 0.176. The first kappa shape index (κ1) is 20.4. The van der Waals surface area contributed by atoms with Crippen molar-refractivity contribution in [1.29, 1.82) is 0 Å². The maximum atomic E-state index is 11.3. The normalized spacial score (nSPS) is 14.7. The Kier molecular flexibility index (Phi) is 5.72. The summed E-state index contributed by atoms with van der Waals surface area (Å²) in [6.07, 6.45) is 1.09. The molecular weight excluding hydrogens is 526 g/mol. The third-order valence-corrected chi connectivity index (χ3v) is 7.48. The number of hydrogen-bond donors (Lipinski definition) is 2. The zero-order valence-corrected chi connectivity index (χ0v) is 18.4. The molecule has 2 N–H and O–H groups in total. The molecule has 2 heterocycles. The number of carbonyl (C=O) groups excluding carboxylic acids is 2. The second-order valence-electron chi connectivity index (χ2n) is 5.93. The van der Waals surface area contributed by atoms with E-state index in [1.54, 1.807) is 0 Å². The first-order valence-corrected chi connectivity index (χ1v) is 11.4. The van der Waals surface area contributed by atoms with Gasteiger partial charge < -0.3 is 10.6 Å². The van der Waals surface area contributed by atoms with Crippen LogP contribution in [0.4, 0.5) is 0 Å². The van der Waals surface area contributed by atoms with Gasteiger partial charge in [0.25, 0.3) is 11.8 Å². The maximum Gasteiger partial charge on any atom is 0.251 e. The zero-order valence-electron chi connectivity index (χ0n) is 13.9. The summed E-state index contributed by atoms with van der Waals surface area (Å²) in [6, 6.07) is 6.51. The van der Waals surface area contributed by atoms with E-state index < -0.39 is 9.84 Å². The lowest BCUT2D eigenvalue weighted by molar-refractivity contribution is 0.0957. The van der Waals surface area contributed by atoms with E-state index in [0.717, 1.165) is 15.4 Å². The first-order chi connectivity index (χ1) is 12.6. The van der Waals surface area contributed by atoms with Gasteiger partial charge in [-0.05, 0) is 46.9 Å². The Morgan fingerprint density at radius 2 is 1.37 bits per heavy atom. The van der Waals surface area contributed by atoms with Crippen molar-refractivity contribution >= 4 is 67.4 Å². The summed E-state index contributed by atoms with van der Waals surface area (Å²) in [5.41, 5.74) is 2.64. The third kappa shape index (κ3) is 3.94. The van der Waals surface area contributed by atoms with Gasteiger partial charge in [0.05, 0.1) is 14.9 Å². The van der Waals surface area contributed by atoms with E-state index in [0.29, 0.717) is 28.3 Å². The first-order valence-electron chi connectivity index (χ1n) is 7.66. The molecular formula is C17H13Cl2IN2O4S. The maximum absolute atomic E-state index is 11.3. The van der Waals surface area contributed by atoms with Crippen molar-refractivity contribution in [3.8, 4) is 0 Å². The number of amides is 2. The molecule has 0 aromatic heterocycles. The molecule has 2 aliphatic rings. The van der Waals surface area contributed by atoms with Crippen LogP contribution in [0.1, 0.15) is 31.8 Å². The summed E-state index contributed by atoms with van der Waals surface area (Å²) >= 11 is 14.1. The van der Waals surface area contributed by atoms with Gasteiger partial charge in [-0.1, -0.05) is 23.2 Å². The highest BCUT2D eigenvalue weighted by Crippen LogP contribution is 2.31. The lowest BCUT2D eigenvalue weighted by Gasteiger charge is -2.05. The number of halogens is 3. The zero-order chi connectivity index (χ0) is 19.9. The van der Waals surface area contributed by atoms with E-state index in [9.17, 15) is 18.0 Å². The van der Waals surface area contributed by atoms with E-state index in [1.807, 2.05) is 12.1 Å². The summed E-state index contributed by atoms with van der Waals surface area (Å²) in [5, 5.41) is 6.16. The van der Waals surface area contributed by atoms with Gasteiger partial charge in [0.2, 0.25) is 0 Å². The molecule has 2 amide bonds. The van der Waals surface area contributed by atoms with Crippen molar-refractivity contribution in [2.24, 2.45) is 0 Å². The molecule has 0 unspecified atom stereocenters. The average Bonchev–Trinajstić information content (AvgIpc) is 3.15. The Morgan fingerprint density at radius 3 is 1.89 bits per heavy atom. The quantitative estimate of drug-likeness (QED) is 0.545. The van der Waals surface area contributed by atoms with Gasteiger partial charge in [0.15, 0.2) is 9.84 Å². The van der Waals surface area contributed by atoms with Crippen molar-refractivity contribution < 1.29 is 18.0 Å². The van der Waals surface area contributed by atoms with Crippen LogP contribution >= 0.6 is 45.8 Å². The monoisotopic (exact) mass is 538 g/mol. The van der Waals surface area contributed by atoms with E-state index in [2.05, 4.69) is 33.2 Å². The second kappa shape index (κ2) is 7.57. The van der Waals surface area contributed by atoms with Crippen molar-refractivity contribution in [3.63, 3.8) is 0 Å². The minimum absolute atomic E-state index is 0.0247. The van der Waals surface area contributed by atoms with Gasteiger partial charge >= 0.3 is 0 Å². The number of fused-ring (bicyclic) bond motifs is 2. The molecule has 0 aliphatic carbocycles. The van der Waals surface area contributed by atoms with Crippen molar-refractivity contribution in [2.75, 3.05) is 6.26 Å². The molecule has 6 nitrogen and oxygen atoms in total. The van der Waals surface area contributed by atoms with Gasteiger partial charge in [0, 0.05) is 45.2 Å². The molecule has 0 bridgehead atoms. The van der Waals surface area contributed by atoms with Gasteiger partial charge in [-0.2, -0.15) is 0 Å². The molecule has 0 fully saturated rings. The summed E-state index contributed by atoms with van der Waals surface area (Å²) in [5.74, 6) is -0.241. The van der Waals surface area contributed by atoms with Gasteiger partial charge in [-0.25, -0.2) is 8.42 Å². The topological polar surface area (TPSA) is 92.3 Å². The Morgan fingerprint density at radius 1 is 0.889 bits per heavy atom. The molecule has 0 saturated heterocycles. The molecule has 2 aliphatic heterocycles. The Balaban J connectivity index is 0.000000159. The van der Waals surface area contributed by atoms with Crippen molar-refractivity contribution in [2.45, 2.75) is 18.0 Å². The number of sulfone groups is 1. The summed E-state index contributed by atoms with van der Waals surface area (Å²) in [6.45, 7) is 0.847. The molecule has 27 heavy (non-hydrogen) atoms. The molecule has 4 rings (SSSR count). The summed E-state index contributed by atoms with van der Waals surface area (Å²) in [7, 11) is -3.34. The van der Waals surface area contributed by atoms with Crippen LogP contribution in [0.2, 0.25) is 10.0 Å². The summed E-state index contributed by atoms with van der Waals surface area (Å²) in [4.78, 5) is 22.5. The van der Waals surface area contributed by atoms with Crippen LogP contribution in [-0.2, 0) is 22.9 Å². The van der Waals surface area contributed by atoms with Crippen LogP contribution in [0.15, 0.2) is 29.2 Å². The lowest BCUT2D eigenvalue weighted by Crippen LogP contribution is -2.12. The molecule has 0 radical (unpaired) electrons. The number of benzene rings is 2. The molecule has 0 atom stereocenters. The SMILES string of the molecule is CS(=O)(=O)c1ccc2c(c1Cl)CNC2=O.O=C1NCc2c1ccc(I)c2Cl. The Labute approximate surface area is 179 Å². The molecule has 0 saturated carbocycles. The molecule has 2 aromatic carbocycles. The standard InChI is InChI=1S/C9H8ClNO3S.C8H5ClINO/c1-15(13,14)7-3-2-5-6(8(7)10)4-11-9(5)12;9-7-5-3-11-8(12)4(5)1-2-6(7)10/h2-3H,4H2,1H3,(H,11,12);1-2H,3H2,(H,11,12). The number of hydrogen-bond acceptors (Lipinski definition) is 4. The molecule has 142 valence electrons. The molecule has 0 spiro atoms. The largest absolute Gasteiger partial charge is 0.348 e. The number of nitrogens with one attached hydrogen (secondary N) is 2. The van der Waals surface area contributed by atoms with Crippen LogP contribution in [-0.4, -0.2) is 26.5 Å². The van der Waals surface area contributed by atoms with Crippen molar-refractivity contribution in [1.82, 2.24) is 10.6 Å². The lowest BCUT2D eigenvalue weighted by atomic mass is 10.1. The predicted molar refractivity (Wildman–Crippen MR) is 111 cm³/mol. The van der Waals surface area contributed by atoms with Crippen LogP contribution < -0.4 is 10.6 Å². The second-order valence-corrected chi connectivity index (χ2v) is 9.83. The van der Waals surface area contributed by atoms with Crippen LogP contribution in [0.25, 0.3) is 0 Å². The van der Waals surface area contributed by atoms with Crippen molar-refractivity contribution in [3.05, 3.63) is 60.1 Å². The molecule has 2 aromatic rings. The average molecular weight is 539 g/mol. The van der Waals surface area contributed by atoms with Crippen LogP contribution in [0, 0.1) is 3.57 Å². The van der Waals surface area contributed by atoms with Crippen LogP contribution in [0.5, 0.6) is 0 Å². The highest BCUT2D eigenvalue weighted by atomic mass is 127. The fourth-order valence-corrected chi connectivity index (χ4v) is 4.93. The fourth-order valence-electron chi connectivity index (χ4n) is 2.78. The summed E-state index contributed by atoms with van der Waals surface area (Å²) < 4.78 is 23.7. The van der Waals surface area contributed by atoms with Gasteiger partial charge in [-0.15, -0.1) is 0 Å².